The van der Waals surface area contributed by atoms with E-state index in [-0.39, 0.29) is 0 Å². The minimum atomic E-state index is -2.00. The molecule has 24 heavy (non-hydrogen) atoms. The van der Waals surface area contributed by atoms with Crippen LogP contribution in [-0.2, 0) is 19.9 Å². The van der Waals surface area contributed by atoms with Gasteiger partial charge < -0.3 is 14.8 Å². The SMILES string of the molecule is O=C(O)C(C(=O)O)C(=O)C1(n2cccc2C2CCC2)CCCCC1. The van der Waals surface area contributed by atoms with Crippen molar-refractivity contribution in [3.05, 3.63) is 24.0 Å². The van der Waals surface area contributed by atoms with Gasteiger partial charge in [0.25, 0.3) is 0 Å². The van der Waals surface area contributed by atoms with Crippen LogP contribution in [0.5, 0.6) is 0 Å². The van der Waals surface area contributed by atoms with Crippen molar-refractivity contribution in [3.63, 3.8) is 0 Å². The highest BCUT2D eigenvalue weighted by atomic mass is 16.4. The van der Waals surface area contributed by atoms with Gasteiger partial charge in [-0.25, -0.2) is 0 Å². The first-order chi connectivity index (χ1) is 11.5. The lowest BCUT2D eigenvalue weighted by atomic mass is 9.73. The van der Waals surface area contributed by atoms with Gasteiger partial charge in [-0.2, -0.15) is 0 Å². The van der Waals surface area contributed by atoms with E-state index in [1.54, 1.807) is 0 Å². The molecule has 0 saturated heterocycles. The van der Waals surface area contributed by atoms with E-state index in [1.807, 2.05) is 22.9 Å². The van der Waals surface area contributed by atoms with E-state index in [2.05, 4.69) is 0 Å². The number of rotatable bonds is 6. The second-order valence-corrected chi connectivity index (χ2v) is 7.00. The Morgan fingerprint density at radius 3 is 2.17 bits per heavy atom. The third-order valence-corrected chi connectivity index (χ3v) is 5.66. The monoisotopic (exact) mass is 333 g/mol. The summed E-state index contributed by atoms with van der Waals surface area (Å²) in [5.41, 5.74) is 0.0136. The Morgan fingerprint density at radius 2 is 1.67 bits per heavy atom. The topological polar surface area (TPSA) is 96.6 Å². The van der Waals surface area contributed by atoms with Crippen molar-refractivity contribution in [1.82, 2.24) is 4.57 Å². The van der Waals surface area contributed by atoms with Gasteiger partial charge in [0.15, 0.2) is 5.78 Å². The van der Waals surface area contributed by atoms with Gasteiger partial charge in [0, 0.05) is 11.9 Å². The van der Waals surface area contributed by atoms with Crippen LogP contribution in [0.4, 0.5) is 0 Å². The molecule has 0 aliphatic heterocycles. The molecule has 130 valence electrons. The first kappa shape index (κ1) is 16.7. The van der Waals surface area contributed by atoms with Crippen LogP contribution in [-0.4, -0.2) is 32.5 Å². The minimum absolute atomic E-state index is 0.389. The first-order valence-electron chi connectivity index (χ1n) is 8.65. The zero-order chi connectivity index (χ0) is 17.3. The lowest BCUT2D eigenvalue weighted by Gasteiger charge is -2.41. The van der Waals surface area contributed by atoms with Crippen LogP contribution in [0, 0.1) is 5.92 Å². The quantitative estimate of drug-likeness (QED) is 0.780. The van der Waals surface area contributed by atoms with Crippen LogP contribution in [0.15, 0.2) is 18.3 Å². The van der Waals surface area contributed by atoms with Crippen LogP contribution in [0.2, 0.25) is 0 Å². The summed E-state index contributed by atoms with van der Waals surface area (Å²) in [5, 5.41) is 18.6. The Kier molecular flexibility index (Phi) is 4.47. The molecule has 1 aromatic heterocycles. The van der Waals surface area contributed by atoms with Crippen LogP contribution in [0.25, 0.3) is 0 Å². The van der Waals surface area contributed by atoms with Crippen molar-refractivity contribution in [1.29, 1.82) is 0 Å². The molecule has 0 atom stereocenters. The van der Waals surface area contributed by atoms with E-state index in [9.17, 15) is 24.6 Å². The van der Waals surface area contributed by atoms with Gasteiger partial charge in [0.1, 0.15) is 5.54 Å². The highest BCUT2D eigenvalue weighted by Gasteiger charge is 2.50. The molecule has 3 rings (SSSR count). The Labute approximate surface area is 140 Å². The largest absolute Gasteiger partial charge is 0.480 e. The molecule has 0 aromatic carbocycles. The van der Waals surface area contributed by atoms with E-state index in [0.29, 0.717) is 18.8 Å². The molecule has 2 saturated carbocycles. The van der Waals surface area contributed by atoms with Gasteiger partial charge in [-0.1, -0.05) is 25.7 Å². The molecule has 0 unspecified atom stereocenters. The van der Waals surface area contributed by atoms with E-state index in [1.165, 1.54) is 0 Å². The normalized spacial score (nSPS) is 20.5. The molecule has 6 heteroatoms. The van der Waals surface area contributed by atoms with Crippen LogP contribution in [0.1, 0.15) is 63.0 Å². The molecule has 1 aromatic rings. The lowest BCUT2D eigenvalue weighted by Crippen LogP contribution is -2.51. The summed E-state index contributed by atoms with van der Waals surface area (Å²) in [7, 11) is 0. The van der Waals surface area contributed by atoms with Crippen molar-refractivity contribution < 1.29 is 24.6 Å². The Bertz CT molecular complexity index is 638. The van der Waals surface area contributed by atoms with Crippen LogP contribution in [0.3, 0.4) is 0 Å². The average Bonchev–Trinajstić information content (AvgIpc) is 2.94. The maximum Gasteiger partial charge on any atom is 0.325 e. The molecule has 6 nitrogen and oxygen atoms in total. The van der Waals surface area contributed by atoms with Crippen molar-refractivity contribution >= 4 is 17.7 Å². The number of hydrogen-bond donors (Lipinski definition) is 2. The van der Waals surface area contributed by atoms with Gasteiger partial charge in [-0.15, -0.1) is 0 Å². The fraction of sp³-hybridized carbons (Fsp3) is 0.611. The molecular formula is C18H23NO5. The fourth-order valence-electron chi connectivity index (χ4n) is 4.16. The Morgan fingerprint density at radius 1 is 1.04 bits per heavy atom. The second kappa shape index (κ2) is 6.42. The van der Waals surface area contributed by atoms with Crippen LogP contribution >= 0.6 is 0 Å². The summed E-state index contributed by atoms with van der Waals surface area (Å²) in [5.74, 6) is -5.44. The summed E-state index contributed by atoms with van der Waals surface area (Å²) in [6, 6.07) is 3.87. The Hall–Kier alpha value is -2.11. The third kappa shape index (κ3) is 2.64. The van der Waals surface area contributed by atoms with E-state index < -0.39 is 29.2 Å². The molecule has 2 aliphatic carbocycles. The number of carbonyl (C=O) groups excluding carboxylic acids is 1. The number of carboxylic acid groups (broad SMARTS) is 2. The summed E-state index contributed by atoms with van der Waals surface area (Å²) >= 11 is 0. The van der Waals surface area contributed by atoms with E-state index in [4.69, 9.17) is 0 Å². The smallest absolute Gasteiger partial charge is 0.325 e. The van der Waals surface area contributed by atoms with Gasteiger partial charge in [0.05, 0.1) is 0 Å². The maximum absolute atomic E-state index is 13.1. The van der Waals surface area contributed by atoms with Gasteiger partial charge in [-0.3, -0.25) is 14.4 Å². The highest BCUT2D eigenvalue weighted by molar-refractivity contribution is 6.16. The summed E-state index contributed by atoms with van der Waals surface area (Å²) in [6.07, 6.45) is 8.74. The van der Waals surface area contributed by atoms with Gasteiger partial charge in [0.2, 0.25) is 5.92 Å². The molecule has 2 fully saturated rings. The number of hydrogen-bond acceptors (Lipinski definition) is 3. The molecule has 2 N–H and O–H groups in total. The van der Waals surface area contributed by atoms with Crippen LogP contribution < -0.4 is 0 Å². The Balaban J connectivity index is 2.05. The van der Waals surface area contributed by atoms with Gasteiger partial charge >= 0.3 is 11.9 Å². The van der Waals surface area contributed by atoms with Crippen molar-refractivity contribution in [2.45, 2.75) is 62.8 Å². The van der Waals surface area contributed by atoms with Gasteiger partial charge in [-0.05, 0) is 43.7 Å². The molecule has 0 radical (unpaired) electrons. The number of carboxylic acids is 2. The highest BCUT2D eigenvalue weighted by Crippen LogP contribution is 2.44. The number of ketones is 1. The molecule has 2 aliphatic rings. The number of nitrogens with zero attached hydrogens (tertiary/aromatic N) is 1. The van der Waals surface area contributed by atoms with E-state index in [0.717, 1.165) is 44.2 Å². The summed E-state index contributed by atoms with van der Waals surface area (Å²) in [4.78, 5) is 35.9. The van der Waals surface area contributed by atoms with E-state index >= 15 is 0 Å². The first-order valence-corrected chi connectivity index (χ1v) is 8.65. The maximum atomic E-state index is 13.1. The molecule has 0 amide bonds. The second-order valence-electron chi connectivity index (χ2n) is 7.00. The zero-order valence-electron chi connectivity index (χ0n) is 13.6. The van der Waals surface area contributed by atoms with Crippen molar-refractivity contribution in [3.8, 4) is 0 Å². The lowest BCUT2D eigenvalue weighted by molar-refractivity contribution is -0.160. The molecular weight excluding hydrogens is 310 g/mol. The average molecular weight is 333 g/mol. The zero-order valence-corrected chi connectivity index (χ0v) is 13.6. The summed E-state index contributed by atoms with van der Waals surface area (Å²) < 4.78 is 1.91. The fourth-order valence-corrected chi connectivity index (χ4v) is 4.16. The summed E-state index contributed by atoms with van der Waals surface area (Å²) in [6.45, 7) is 0. The number of carbonyl (C=O) groups is 3. The predicted molar refractivity (Wildman–Crippen MR) is 85.9 cm³/mol. The minimum Gasteiger partial charge on any atom is -0.480 e. The number of aromatic nitrogens is 1. The molecule has 0 bridgehead atoms. The van der Waals surface area contributed by atoms with Crippen molar-refractivity contribution in [2.75, 3.05) is 0 Å². The molecule has 1 heterocycles. The predicted octanol–water partition coefficient (Wildman–Crippen LogP) is 2.77. The number of Topliss-reactive ketones (excluding diaryl/α,β-unsaturated/α-hetero) is 1. The number of aliphatic carboxylic acids is 2. The van der Waals surface area contributed by atoms with Crippen molar-refractivity contribution in [2.24, 2.45) is 5.92 Å². The third-order valence-electron chi connectivity index (χ3n) is 5.66. The molecule has 0 spiro atoms. The standard InChI is InChI=1S/C18H23NO5/c20-15(14(16(21)22)17(23)24)18(9-2-1-3-10-18)19-11-5-8-13(19)12-6-4-7-12/h5,8,11-12,14H,1-4,6-7,9-10H2,(H,21,22)(H,23,24).